The van der Waals surface area contributed by atoms with Crippen LogP contribution in [0.4, 0.5) is 5.69 Å². The SMILES string of the molecule is CC(C)C(C(=O)O)N(C=O)c1cc(Cl)ccc1Cl. The van der Waals surface area contributed by atoms with E-state index in [0.717, 1.165) is 4.90 Å². The van der Waals surface area contributed by atoms with Crippen LogP contribution in [-0.4, -0.2) is 23.5 Å². The maximum Gasteiger partial charge on any atom is 0.327 e. The number of hydrogen-bond acceptors (Lipinski definition) is 2. The maximum absolute atomic E-state index is 11.2. The van der Waals surface area contributed by atoms with Crippen molar-refractivity contribution < 1.29 is 14.7 Å². The Hall–Kier alpha value is -1.26. The maximum atomic E-state index is 11.2. The van der Waals surface area contributed by atoms with Crippen LogP contribution in [0.2, 0.25) is 10.0 Å². The van der Waals surface area contributed by atoms with Gasteiger partial charge in [0.15, 0.2) is 0 Å². The highest BCUT2D eigenvalue weighted by Crippen LogP contribution is 2.31. The molecule has 1 amide bonds. The van der Waals surface area contributed by atoms with Crippen LogP contribution in [0.3, 0.4) is 0 Å². The van der Waals surface area contributed by atoms with Crippen molar-refractivity contribution in [3.05, 3.63) is 28.2 Å². The van der Waals surface area contributed by atoms with E-state index in [-0.39, 0.29) is 10.9 Å². The number of benzene rings is 1. The molecule has 0 radical (unpaired) electrons. The molecule has 1 rings (SSSR count). The van der Waals surface area contributed by atoms with Crippen LogP contribution in [0.1, 0.15) is 13.8 Å². The van der Waals surface area contributed by atoms with Crippen molar-refractivity contribution in [1.82, 2.24) is 0 Å². The summed E-state index contributed by atoms with van der Waals surface area (Å²) in [5.74, 6) is -1.35. The van der Waals surface area contributed by atoms with Crippen LogP contribution < -0.4 is 4.90 Å². The Bertz CT molecular complexity index is 463. The summed E-state index contributed by atoms with van der Waals surface area (Å²) in [4.78, 5) is 23.5. The number of nitrogens with zero attached hydrogens (tertiary/aromatic N) is 1. The summed E-state index contributed by atoms with van der Waals surface area (Å²) in [6.07, 6.45) is 0.455. The van der Waals surface area contributed by atoms with Gasteiger partial charge in [-0.2, -0.15) is 0 Å². The average molecular weight is 290 g/mol. The molecule has 1 atom stereocenters. The lowest BCUT2D eigenvalue weighted by Gasteiger charge is -2.28. The first-order valence-corrected chi connectivity index (χ1v) is 6.05. The number of carboxylic acid groups (broad SMARTS) is 1. The summed E-state index contributed by atoms with van der Waals surface area (Å²) < 4.78 is 0. The normalized spacial score (nSPS) is 12.3. The molecule has 0 aromatic heterocycles. The number of anilines is 1. The predicted molar refractivity (Wildman–Crippen MR) is 71.3 cm³/mol. The lowest BCUT2D eigenvalue weighted by molar-refractivity contribution is -0.140. The zero-order chi connectivity index (χ0) is 13.9. The molecule has 0 bridgehead atoms. The molecule has 98 valence electrons. The van der Waals surface area contributed by atoms with E-state index >= 15 is 0 Å². The predicted octanol–water partition coefficient (Wildman–Crippen LogP) is 3.07. The molecular formula is C12H13Cl2NO3. The monoisotopic (exact) mass is 289 g/mol. The standard InChI is InChI=1S/C12H13Cl2NO3/c1-7(2)11(12(17)18)15(6-16)10-5-8(13)3-4-9(10)14/h3-7,11H,1-2H3,(H,17,18). The van der Waals surface area contributed by atoms with Crippen molar-refractivity contribution in [2.24, 2.45) is 5.92 Å². The number of carbonyl (C=O) groups is 2. The molecule has 0 fully saturated rings. The van der Waals surface area contributed by atoms with Gasteiger partial charge in [0.1, 0.15) is 6.04 Å². The molecule has 0 spiro atoms. The molecule has 1 aromatic carbocycles. The second kappa shape index (κ2) is 6.07. The lowest BCUT2D eigenvalue weighted by atomic mass is 10.0. The third kappa shape index (κ3) is 3.15. The van der Waals surface area contributed by atoms with E-state index in [2.05, 4.69) is 0 Å². The lowest BCUT2D eigenvalue weighted by Crippen LogP contribution is -2.44. The van der Waals surface area contributed by atoms with Gasteiger partial charge in [-0.15, -0.1) is 0 Å². The van der Waals surface area contributed by atoms with Gasteiger partial charge in [-0.05, 0) is 24.1 Å². The Morgan fingerprint density at radius 1 is 1.39 bits per heavy atom. The number of carboxylic acids is 1. The Labute approximate surface area is 115 Å². The highest BCUT2D eigenvalue weighted by Gasteiger charge is 2.30. The molecule has 1 unspecified atom stereocenters. The molecule has 0 heterocycles. The topological polar surface area (TPSA) is 57.6 Å². The first-order chi connectivity index (χ1) is 8.38. The first-order valence-electron chi connectivity index (χ1n) is 5.30. The summed E-state index contributed by atoms with van der Waals surface area (Å²) in [7, 11) is 0. The minimum Gasteiger partial charge on any atom is -0.480 e. The first kappa shape index (κ1) is 14.8. The molecule has 0 aliphatic carbocycles. The minimum atomic E-state index is -1.09. The van der Waals surface area contributed by atoms with E-state index in [1.807, 2.05) is 0 Å². The van der Waals surface area contributed by atoms with Crippen LogP contribution in [0.5, 0.6) is 0 Å². The molecule has 4 nitrogen and oxygen atoms in total. The van der Waals surface area contributed by atoms with E-state index in [9.17, 15) is 14.7 Å². The number of amides is 1. The average Bonchev–Trinajstić information content (AvgIpc) is 2.28. The van der Waals surface area contributed by atoms with Gasteiger partial charge in [-0.25, -0.2) is 4.79 Å². The van der Waals surface area contributed by atoms with Gasteiger partial charge in [0, 0.05) is 5.02 Å². The van der Waals surface area contributed by atoms with Gasteiger partial charge >= 0.3 is 5.97 Å². The van der Waals surface area contributed by atoms with Crippen LogP contribution in [0, 0.1) is 5.92 Å². The fourth-order valence-electron chi connectivity index (χ4n) is 1.68. The molecule has 0 aliphatic heterocycles. The molecule has 0 saturated heterocycles. The quantitative estimate of drug-likeness (QED) is 0.848. The fraction of sp³-hybridized carbons (Fsp3) is 0.333. The van der Waals surface area contributed by atoms with Crippen LogP contribution in [-0.2, 0) is 9.59 Å². The minimum absolute atomic E-state index is 0.261. The van der Waals surface area contributed by atoms with E-state index in [0.29, 0.717) is 17.1 Å². The van der Waals surface area contributed by atoms with E-state index < -0.39 is 12.0 Å². The number of hydrogen-bond donors (Lipinski definition) is 1. The van der Waals surface area contributed by atoms with Crippen molar-refractivity contribution in [2.75, 3.05) is 4.90 Å². The van der Waals surface area contributed by atoms with Crippen molar-refractivity contribution in [3.8, 4) is 0 Å². The third-order valence-corrected chi connectivity index (χ3v) is 3.04. The zero-order valence-corrected chi connectivity index (χ0v) is 11.4. The Morgan fingerprint density at radius 3 is 2.44 bits per heavy atom. The van der Waals surface area contributed by atoms with Crippen LogP contribution in [0.25, 0.3) is 0 Å². The molecule has 0 saturated carbocycles. The van der Waals surface area contributed by atoms with Crippen LogP contribution >= 0.6 is 23.2 Å². The summed E-state index contributed by atoms with van der Waals surface area (Å²) in [5.41, 5.74) is 0.292. The number of halogens is 2. The Morgan fingerprint density at radius 2 is 2.00 bits per heavy atom. The number of aliphatic carboxylic acids is 1. The van der Waals surface area contributed by atoms with Gasteiger partial charge in [0.2, 0.25) is 6.41 Å². The van der Waals surface area contributed by atoms with Crippen molar-refractivity contribution in [3.63, 3.8) is 0 Å². The second-order valence-electron chi connectivity index (χ2n) is 4.14. The molecule has 1 aromatic rings. The van der Waals surface area contributed by atoms with E-state index in [1.165, 1.54) is 12.1 Å². The van der Waals surface area contributed by atoms with E-state index in [1.54, 1.807) is 19.9 Å². The molecule has 1 N–H and O–H groups in total. The Kier molecular flexibility index (Phi) is 4.99. The number of rotatable bonds is 5. The zero-order valence-electron chi connectivity index (χ0n) is 9.93. The Balaban J connectivity index is 3.27. The third-order valence-electron chi connectivity index (χ3n) is 2.48. The van der Waals surface area contributed by atoms with Crippen molar-refractivity contribution in [1.29, 1.82) is 0 Å². The molecule has 0 aliphatic rings. The largest absolute Gasteiger partial charge is 0.480 e. The highest BCUT2D eigenvalue weighted by atomic mass is 35.5. The van der Waals surface area contributed by atoms with Gasteiger partial charge in [0.25, 0.3) is 0 Å². The van der Waals surface area contributed by atoms with Crippen molar-refractivity contribution in [2.45, 2.75) is 19.9 Å². The smallest absolute Gasteiger partial charge is 0.327 e. The molecule has 6 heteroatoms. The summed E-state index contributed by atoms with van der Waals surface area (Å²) in [5, 5.41) is 9.85. The van der Waals surface area contributed by atoms with E-state index in [4.69, 9.17) is 23.2 Å². The highest BCUT2D eigenvalue weighted by molar-refractivity contribution is 6.35. The van der Waals surface area contributed by atoms with Crippen molar-refractivity contribution >= 4 is 41.3 Å². The molecular weight excluding hydrogens is 277 g/mol. The summed E-state index contributed by atoms with van der Waals surface area (Å²) in [6.45, 7) is 3.43. The van der Waals surface area contributed by atoms with Gasteiger partial charge in [0.05, 0.1) is 10.7 Å². The van der Waals surface area contributed by atoms with Gasteiger partial charge < -0.3 is 5.11 Å². The second-order valence-corrected chi connectivity index (χ2v) is 4.98. The molecule has 18 heavy (non-hydrogen) atoms. The van der Waals surface area contributed by atoms with Crippen LogP contribution in [0.15, 0.2) is 18.2 Å². The summed E-state index contributed by atoms with van der Waals surface area (Å²) >= 11 is 11.8. The number of carbonyl (C=O) groups excluding carboxylic acids is 1. The summed E-state index contributed by atoms with van der Waals surface area (Å²) in [6, 6.07) is 3.58. The van der Waals surface area contributed by atoms with Gasteiger partial charge in [-0.1, -0.05) is 37.0 Å². The van der Waals surface area contributed by atoms with Gasteiger partial charge in [-0.3, -0.25) is 9.69 Å². The fourth-order valence-corrected chi connectivity index (χ4v) is 2.06.